The van der Waals surface area contributed by atoms with Gasteiger partial charge in [0.2, 0.25) is 0 Å². The van der Waals surface area contributed by atoms with Crippen molar-refractivity contribution in [2.45, 2.75) is 75.8 Å². The van der Waals surface area contributed by atoms with Crippen molar-refractivity contribution in [2.75, 3.05) is 0 Å². The van der Waals surface area contributed by atoms with E-state index >= 15 is 0 Å². The summed E-state index contributed by atoms with van der Waals surface area (Å²) < 4.78 is 11.5. The standard InChI is InChI=1S/C22H26O6/c23-21(24)14-8-7-11(9-12-3-1-5-16-19(12)27-16)15(18(14)22(25)26)10-13-4-2-6-17-20(13)28-17/h7-8,12-13,16-17,19-20H,1-6,9-10H2,(H,23,24)(H,25,26)/p-2. The fourth-order valence-electron chi connectivity index (χ4n) is 5.60. The highest BCUT2D eigenvalue weighted by Gasteiger charge is 2.48. The maximum Gasteiger partial charge on any atom is 0.0873 e. The summed E-state index contributed by atoms with van der Waals surface area (Å²) in [5, 5.41) is 23.5. The molecule has 4 fully saturated rings. The van der Waals surface area contributed by atoms with Crippen LogP contribution in [-0.2, 0) is 22.3 Å². The molecule has 6 nitrogen and oxygen atoms in total. The number of carboxylic acid groups (broad SMARTS) is 2. The molecule has 5 rings (SSSR count). The van der Waals surface area contributed by atoms with Crippen LogP contribution in [0.2, 0.25) is 0 Å². The van der Waals surface area contributed by atoms with Gasteiger partial charge in [-0.3, -0.25) is 0 Å². The smallest absolute Gasteiger partial charge is 0.0873 e. The normalized spacial score (nSPS) is 35.6. The molecular formula is C22H24O6-2. The van der Waals surface area contributed by atoms with Gasteiger partial charge in [-0.1, -0.05) is 25.0 Å². The molecule has 0 radical (unpaired) electrons. The van der Waals surface area contributed by atoms with E-state index in [9.17, 15) is 19.8 Å². The lowest BCUT2D eigenvalue weighted by molar-refractivity contribution is -0.259. The van der Waals surface area contributed by atoms with Crippen LogP contribution in [0.25, 0.3) is 0 Å². The molecular weight excluding hydrogens is 360 g/mol. The van der Waals surface area contributed by atoms with Gasteiger partial charge in [-0.2, -0.15) is 0 Å². The summed E-state index contributed by atoms with van der Waals surface area (Å²) in [6, 6.07) is 3.14. The summed E-state index contributed by atoms with van der Waals surface area (Å²) in [7, 11) is 0. The minimum Gasteiger partial charge on any atom is -0.545 e. The highest BCUT2D eigenvalue weighted by atomic mass is 16.6. The maximum atomic E-state index is 11.9. The first-order chi connectivity index (χ1) is 13.5. The average molecular weight is 384 g/mol. The van der Waals surface area contributed by atoms with Crippen molar-refractivity contribution in [1.82, 2.24) is 0 Å². The number of benzene rings is 1. The third-order valence-electron chi connectivity index (χ3n) is 7.08. The van der Waals surface area contributed by atoms with Gasteiger partial charge in [-0.05, 0) is 61.5 Å². The number of fused-ring (bicyclic) bond motifs is 2. The van der Waals surface area contributed by atoms with E-state index in [4.69, 9.17) is 9.47 Å². The average Bonchev–Trinajstić information content (AvgIpc) is 3.56. The van der Waals surface area contributed by atoms with Crippen LogP contribution < -0.4 is 10.2 Å². The van der Waals surface area contributed by atoms with Gasteiger partial charge >= 0.3 is 0 Å². The number of hydrogen-bond donors (Lipinski definition) is 0. The number of carboxylic acids is 2. The topological polar surface area (TPSA) is 105 Å². The van der Waals surface area contributed by atoms with Crippen molar-refractivity contribution < 1.29 is 29.3 Å². The Morgan fingerprint density at radius 3 is 2.04 bits per heavy atom. The van der Waals surface area contributed by atoms with Gasteiger partial charge in [-0.25, -0.2) is 0 Å². The van der Waals surface area contributed by atoms with Crippen molar-refractivity contribution >= 4 is 11.9 Å². The number of carbonyl (C=O) groups is 2. The van der Waals surface area contributed by atoms with Crippen molar-refractivity contribution in [3.05, 3.63) is 34.4 Å². The van der Waals surface area contributed by atoms with Crippen LogP contribution in [0.5, 0.6) is 0 Å². The van der Waals surface area contributed by atoms with E-state index < -0.39 is 11.9 Å². The van der Waals surface area contributed by atoms with Crippen molar-refractivity contribution in [2.24, 2.45) is 11.8 Å². The summed E-state index contributed by atoms with van der Waals surface area (Å²) in [4.78, 5) is 23.5. The lowest BCUT2D eigenvalue weighted by atomic mass is 9.78. The molecule has 0 N–H and O–H groups in total. The van der Waals surface area contributed by atoms with Gasteiger partial charge in [0.15, 0.2) is 0 Å². The molecule has 1 aromatic rings. The Morgan fingerprint density at radius 1 is 0.857 bits per heavy atom. The summed E-state index contributed by atoms with van der Waals surface area (Å²) >= 11 is 0. The molecule has 0 bridgehead atoms. The highest BCUT2D eigenvalue weighted by molar-refractivity contribution is 6.01. The fraction of sp³-hybridized carbons (Fsp3) is 0.636. The Kier molecular flexibility index (Phi) is 4.43. The number of epoxide rings is 2. The van der Waals surface area contributed by atoms with Gasteiger partial charge < -0.3 is 29.3 Å². The Hall–Kier alpha value is -1.92. The first-order valence-electron chi connectivity index (χ1n) is 10.4. The summed E-state index contributed by atoms with van der Waals surface area (Å²) in [6.07, 6.45) is 8.67. The number of carbonyl (C=O) groups excluding carboxylic acids is 2. The largest absolute Gasteiger partial charge is 0.545 e. The van der Waals surface area contributed by atoms with Crippen LogP contribution in [-0.4, -0.2) is 36.4 Å². The van der Waals surface area contributed by atoms with Gasteiger partial charge in [0.25, 0.3) is 0 Å². The van der Waals surface area contributed by atoms with Crippen LogP contribution in [0, 0.1) is 11.8 Å². The molecule has 0 spiro atoms. The quantitative estimate of drug-likeness (QED) is 0.666. The monoisotopic (exact) mass is 384 g/mol. The minimum atomic E-state index is -1.47. The lowest BCUT2D eigenvalue weighted by Crippen LogP contribution is -2.33. The zero-order valence-corrected chi connectivity index (χ0v) is 15.7. The SMILES string of the molecule is O=C([O-])c1ccc(CC2CCCC3OC23)c(CC2CCCC3OC23)c1C(=O)[O-]. The summed E-state index contributed by atoms with van der Waals surface area (Å²) in [5.74, 6) is -2.33. The summed E-state index contributed by atoms with van der Waals surface area (Å²) in [6.45, 7) is 0. The number of rotatable bonds is 6. The molecule has 2 saturated heterocycles. The Balaban J connectivity index is 1.50. The van der Waals surface area contributed by atoms with Crippen molar-refractivity contribution in [1.29, 1.82) is 0 Å². The molecule has 28 heavy (non-hydrogen) atoms. The summed E-state index contributed by atoms with van der Waals surface area (Å²) in [5.41, 5.74) is 1.02. The van der Waals surface area contributed by atoms with Crippen LogP contribution >= 0.6 is 0 Å². The molecule has 0 amide bonds. The second-order valence-electron chi connectivity index (χ2n) is 8.77. The molecule has 6 unspecified atom stereocenters. The maximum absolute atomic E-state index is 11.9. The number of ether oxygens (including phenoxy) is 2. The van der Waals surface area contributed by atoms with E-state index in [1.807, 2.05) is 0 Å². The van der Waals surface area contributed by atoms with Crippen LogP contribution in [0.3, 0.4) is 0 Å². The predicted molar refractivity (Wildman–Crippen MR) is 94.5 cm³/mol. The number of hydrogen-bond acceptors (Lipinski definition) is 6. The molecule has 2 aliphatic carbocycles. The Labute approximate surface area is 163 Å². The van der Waals surface area contributed by atoms with E-state index in [0.29, 0.717) is 30.4 Å². The zero-order chi connectivity index (χ0) is 19.4. The van der Waals surface area contributed by atoms with Crippen molar-refractivity contribution in [3.8, 4) is 0 Å². The van der Waals surface area contributed by atoms with Crippen LogP contribution in [0.4, 0.5) is 0 Å². The second-order valence-corrected chi connectivity index (χ2v) is 8.77. The molecule has 4 aliphatic rings. The van der Waals surface area contributed by atoms with E-state index in [1.54, 1.807) is 6.07 Å². The molecule has 1 aromatic carbocycles. The van der Waals surface area contributed by atoms with E-state index in [-0.39, 0.29) is 35.4 Å². The Bertz CT molecular complexity index is 817. The molecule has 6 heteroatoms. The number of aromatic carboxylic acids is 2. The predicted octanol–water partition coefficient (Wildman–Crippen LogP) is 0.634. The highest BCUT2D eigenvalue weighted by Crippen LogP contribution is 2.45. The van der Waals surface area contributed by atoms with E-state index in [1.165, 1.54) is 6.07 Å². The molecule has 6 atom stereocenters. The first kappa shape index (κ1) is 18.1. The second kappa shape index (κ2) is 6.85. The fourth-order valence-corrected chi connectivity index (χ4v) is 5.60. The van der Waals surface area contributed by atoms with E-state index in [2.05, 4.69) is 0 Å². The molecule has 0 aromatic heterocycles. The van der Waals surface area contributed by atoms with Gasteiger partial charge in [-0.15, -0.1) is 0 Å². The third-order valence-corrected chi connectivity index (χ3v) is 7.08. The van der Waals surface area contributed by atoms with Gasteiger partial charge in [0.05, 0.1) is 36.4 Å². The lowest BCUT2D eigenvalue weighted by Gasteiger charge is -2.27. The molecule has 150 valence electrons. The minimum absolute atomic E-state index is 0.175. The Morgan fingerprint density at radius 2 is 1.46 bits per heavy atom. The third kappa shape index (κ3) is 3.22. The zero-order valence-electron chi connectivity index (χ0n) is 15.7. The van der Waals surface area contributed by atoms with E-state index in [0.717, 1.165) is 44.1 Å². The molecule has 2 saturated carbocycles. The van der Waals surface area contributed by atoms with Crippen LogP contribution in [0.1, 0.15) is 70.4 Å². The van der Waals surface area contributed by atoms with Crippen molar-refractivity contribution in [3.63, 3.8) is 0 Å². The molecule has 2 heterocycles. The van der Waals surface area contributed by atoms with Gasteiger partial charge in [0, 0.05) is 11.1 Å². The first-order valence-corrected chi connectivity index (χ1v) is 10.4. The van der Waals surface area contributed by atoms with Crippen LogP contribution in [0.15, 0.2) is 12.1 Å². The van der Waals surface area contributed by atoms with Gasteiger partial charge in [0.1, 0.15) is 0 Å². The molecule has 2 aliphatic heterocycles.